The summed E-state index contributed by atoms with van der Waals surface area (Å²) in [5.41, 5.74) is 4.24. The minimum atomic E-state index is -1.32. The van der Waals surface area contributed by atoms with E-state index >= 15 is 0 Å². The quantitative estimate of drug-likeness (QED) is 0.223. The van der Waals surface area contributed by atoms with Gasteiger partial charge in [-0.3, -0.25) is 19.4 Å². The fourth-order valence-corrected chi connectivity index (χ4v) is 2.51. The number of nitrogens with one attached hydrogen (secondary N) is 2. The third kappa shape index (κ3) is 2.91. The van der Waals surface area contributed by atoms with Gasteiger partial charge < -0.3 is 5.43 Å². The normalized spacial score (nSPS) is 16.4. The number of imide groups is 2. The standard InChI is InChI=1S/C15H16N8O3/c1-22-13(24)11(14(25)23(2)15(22)26)12(19-16)18-9-5-3-8(4-6-9)10-7-17-21-20-10/h3-7,11H,16H2,1-2H3,(H,18,19)(H,17,20,21). The van der Waals surface area contributed by atoms with E-state index in [9.17, 15) is 14.4 Å². The Morgan fingerprint density at radius 3 is 2.27 bits per heavy atom. The molecule has 3 rings (SSSR count). The second kappa shape index (κ2) is 6.72. The lowest BCUT2D eigenvalue weighted by Crippen LogP contribution is -2.61. The summed E-state index contributed by atoms with van der Waals surface area (Å²) in [5, 5.41) is 10.2. The molecule has 4 N–H and O–H groups in total. The largest absolute Gasteiger partial charge is 0.332 e. The van der Waals surface area contributed by atoms with Crippen molar-refractivity contribution in [2.24, 2.45) is 16.8 Å². The van der Waals surface area contributed by atoms with Crippen LogP contribution in [0, 0.1) is 5.92 Å². The minimum Gasteiger partial charge on any atom is -0.311 e. The van der Waals surface area contributed by atoms with Crippen LogP contribution in [0.15, 0.2) is 35.5 Å². The molecule has 4 amide bonds. The first-order valence-corrected chi connectivity index (χ1v) is 7.54. The van der Waals surface area contributed by atoms with Crippen molar-refractivity contribution < 1.29 is 14.4 Å². The van der Waals surface area contributed by atoms with Crippen molar-refractivity contribution in [1.82, 2.24) is 30.6 Å². The predicted octanol–water partition coefficient (Wildman–Crippen LogP) is -0.368. The molecule has 0 unspecified atom stereocenters. The van der Waals surface area contributed by atoms with Crippen LogP contribution in [0.3, 0.4) is 0 Å². The van der Waals surface area contributed by atoms with Gasteiger partial charge >= 0.3 is 6.03 Å². The zero-order chi connectivity index (χ0) is 18.8. The van der Waals surface area contributed by atoms with Gasteiger partial charge in [0.2, 0.25) is 0 Å². The summed E-state index contributed by atoms with van der Waals surface area (Å²) in [6, 6.07) is 6.17. The SMILES string of the molecule is CN1C(=O)C(C(=Nc2ccc(-c3cn[nH]n3)cc2)NN)C(=O)N(C)C1=O. The van der Waals surface area contributed by atoms with Crippen molar-refractivity contribution >= 4 is 29.4 Å². The van der Waals surface area contributed by atoms with Gasteiger partial charge in [0, 0.05) is 19.7 Å². The van der Waals surface area contributed by atoms with Crippen LogP contribution in [0.2, 0.25) is 0 Å². The topological polar surface area (TPSA) is 150 Å². The fraction of sp³-hybridized carbons (Fsp3) is 0.200. The Kier molecular flexibility index (Phi) is 4.45. The number of amides is 4. The Bertz CT molecular complexity index is 851. The number of benzene rings is 1. The summed E-state index contributed by atoms with van der Waals surface area (Å²) in [6.45, 7) is 0. The second-order valence-corrected chi connectivity index (χ2v) is 5.55. The highest BCUT2D eigenvalue weighted by molar-refractivity contribution is 6.27. The molecule has 0 spiro atoms. The summed E-state index contributed by atoms with van der Waals surface area (Å²) in [5.74, 6) is 2.71. The van der Waals surface area contributed by atoms with E-state index in [2.05, 4.69) is 25.8 Å². The molecular weight excluding hydrogens is 340 g/mol. The maximum Gasteiger partial charge on any atom is 0.332 e. The van der Waals surface area contributed by atoms with Gasteiger partial charge in [-0.25, -0.2) is 15.6 Å². The second-order valence-electron chi connectivity index (χ2n) is 5.55. The van der Waals surface area contributed by atoms with Crippen molar-refractivity contribution in [3.63, 3.8) is 0 Å². The number of hydrazine groups is 1. The van der Waals surface area contributed by atoms with Crippen molar-refractivity contribution in [2.45, 2.75) is 0 Å². The van der Waals surface area contributed by atoms with Crippen molar-refractivity contribution in [3.05, 3.63) is 30.5 Å². The van der Waals surface area contributed by atoms with E-state index in [0.717, 1.165) is 15.4 Å². The molecule has 134 valence electrons. The van der Waals surface area contributed by atoms with Gasteiger partial charge in [0.1, 0.15) is 11.5 Å². The fourth-order valence-electron chi connectivity index (χ4n) is 2.51. The van der Waals surface area contributed by atoms with Crippen molar-refractivity contribution in [2.75, 3.05) is 14.1 Å². The molecule has 2 heterocycles. The number of aromatic nitrogens is 3. The average molecular weight is 356 g/mol. The highest BCUT2D eigenvalue weighted by Gasteiger charge is 2.45. The third-order valence-electron chi connectivity index (χ3n) is 3.98. The number of nitrogens with two attached hydrogens (primary N) is 1. The molecule has 11 heteroatoms. The van der Waals surface area contributed by atoms with Crippen LogP contribution in [-0.2, 0) is 9.59 Å². The molecule has 0 bridgehead atoms. The van der Waals surface area contributed by atoms with Gasteiger partial charge in [-0.2, -0.15) is 15.4 Å². The van der Waals surface area contributed by atoms with E-state index in [1.54, 1.807) is 30.5 Å². The first-order valence-electron chi connectivity index (χ1n) is 7.54. The molecule has 26 heavy (non-hydrogen) atoms. The summed E-state index contributed by atoms with van der Waals surface area (Å²) < 4.78 is 0. The molecular formula is C15H16N8O3. The van der Waals surface area contributed by atoms with E-state index in [4.69, 9.17) is 5.84 Å². The molecule has 0 aliphatic carbocycles. The monoisotopic (exact) mass is 356 g/mol. The van der Waals surface area contributed by atoms with Crippen LogP contribution in [0.4, 0.5) is 10.5 Å². The first-order chi connectivity index (χ1) is 12.4. The number of aromatic amines is 1. The number of aliphatic imine (C=N–C) groups is 1. The Labute approximate surface area is 147 Å². The molecule has 0 atom stereocenters. The number of hydrogen-bond donors (Lipinski definition) is 3. The number of nitrogens with zero attached hydrogens (tertiary/aromatic N) is 5. The van der Waals surface area contributed by atoms with Gasteiger partial charge in [0.05, 0.1) is 11.9 Å². The number of carbonyl (C=O) groups is 3. The predicted molar refractivity (Wildman–Crippen MR) is 90.7 cm³/mol. The van der Waals surface area contributed by atoms with E-state index in [1.165, 1.54) is 14.1 Å². The highest BCUT2D eigenvalue weighted by atomic mass is 16.2. The van der Waals surface area contributed by atoms with E-state index in [1.807, 2.05) is 0 Å². The summed E-state index contributed by atoms with van der Waals surface area (Å²) in [4.78, 5) is 42.5. The molecule has 1 aromatic heterocycles. The van der Waals surface area contributed by atoms with E-state index in [0.29, 0.717) is 11.4 Å². The molecule has 1 aliphatic heterocycles. The Balaban J connectivity index is 1.91. The number of barbiturate groups is 1. The third-order valence-corrected chi connectivity index (χ3v) is 3.98. The average Bonchev–Trinajstić information content (AvgIpc) is 3.19. The Morgan fingerprint density at radius 2 is 1.77 bits per heavy atom. The highest BCUT2D eigenvalue weighted by Crippen LogP contribution is 2.22. The summed E-state index contributed by atoms with van der Waals surface area (Å²) in [6.07, 6.45) is 1.58. The molecule has 11 nitrogen and oxygen atoms in total. The van der Waals surface area contributed by atoms with Gasteiger partial charge in [-0.1, -0.05) is 12.1 Å². The molecule has 1 saturated heterocycles. The number of rotatable bonds is 3. The van der Waals surface area contributed by atoms with Crippen LogP contribution < -0.4 is 11.3 Å². The first kappa shape index (κ1) is 17.2. The Morgan fingerprint density at radius 1 is 1.15 bits per heavy atom. The smallest absolute Gasteiger partial charge is 0.311 e. The molecule has 1 aliphatic rings. The van der Waals surface area contributed by atoms with Gasteiger partial charge in [0.25, 0.3) is 11.8 Å². The van der Waals surface area contributed by atoms with Crippen molar-refractivity contribution in [1.29, 1.82) is 0 Å². The number of carbonyl (C=O) groups excluding carboxylic acids is 3. The molecule has 1 aromatic carbocycles. The number of urea groups is 1. The number of H-pyrrole nitrogens is 1. The van der Waals surface area contributed by atoms with E-state index < -0.39 is 23.8 Å². The molecule has 1 fully saturated rings. The minimum absolute atomic E-state index is 0.0552. The van der Waals surface area contributed by atoms with Gasteiger partial charge in [-0.15, -0.1) is 0 Å². The van der Waals surface area contributed by atoms with Crippen LogP contribution in [0.25, 0.3) is 11.3 Å². The van der Waals surface area contributed by atoms with Crippen molar-refractivity contribution in [3.8, 4) is 11.3 Å². The van der Waals surface area contributed by atoms with Crippen LogP contribution in [0.5, 0.6) is 0 Å². The summed E-state index contributed by atoms with van der Waals surface area (Å²) in [7, 11) is 2.59. The lowest BCUT2D eigenvalue weighted by molar-refractivity contribution is -0.144. The zero-order valence-corrected chi connectivity index (χ0v) is 14.0. The van der Waals surface area contributed by atoms with E-state index in [-0.39, 0.29) is 5.84 Å². The van der Waals surface area contributed by atoms with Gasteiger partial charge in [-0.05, 0) is 12.1 Å². The van der Waals surface area contributed by atoms with Crippen LogP contribution >= 0.6 is 0 Å². The lowest BCUT2D eigenvalue weighted by atomic mass is 10.0. The maximum absolute atomic E-state index is 12.4. The van der Waals surface area contributed by atoms with Gasteiger partial charge in [0.15, 0.2) is 5.92 Å². The Hall–Kier alpha value is -3.60. The van der Waals surface area contributed by atoms with Crippen LogP contribution in [-0.4, -0.2) is 63.0 Å². The number of amidine groups is 1. The lowest BCUT2D eigenvalue weighted by Gasteiger charge is -2.33. The molecule has 2 aromatic rings. The number of hydrogen-bond acceptors (Lipinski definition) is 7. The maximum atomic E-state index is 12.4. The molecule has 0 saturated carbocycles. The summed E-state index contributed by atoms with van der Waals surface area (Å²) >= 11 is 0. The zero-order valence-electron chi connectivity index (χ0n) is 14.0. The van der Waals surface area contributed by atoms with Crippen LogP contribution in [0.1, 0.15) is 0 Å². The molecule has 0 radical (unpaired) electrons.